The molecule has 0 radical (unpaired) electrons. The van der Waals surface area contributed by atoms with E-state index < -0.39 is 35.7 Å². The Kier molecular flexibility index (Phi) is 9.96. The number of alkyl halides is 5. The molecule has 0 spiro atoms. The number of unbranched alkanes of at least 4 members (excludes halogenated alkanes) is 2. The SMILES string of the molecule is C[C@@]12CCc3cc(O)ccc3C1[C@@H](c1ccc(OCCCCCS(=O)CCCC(F)(F)C(F)(F)F)cc1)C[C@@]1(C)C2CC[C@@H]1O. The van der Waals surface area contributed by atoms with Crippen molar-refractivity contribution in [3.05, 3.63) is 59.2 Å². The lowest BCUT2D eigenvalue weighted by molar-refractivity contribution is -0.284. The first kappa shape index (κ1) is 34.1. The fourth-order valence-corrected chi connectivity index (χ4v) is 10.0. The molecular formula is C35H45F5O4S. The summed E-state index contributed by atoms with van der Waals surface area (Å²) in [5.74, 6) is -2.67. The Hall–Kier alpha value is -2.20. The third-order valence-corrected chi connectivity index (χ3v) is 12.6. The first-order chi connectivity index (χ1) is 21.2. The molecule has 2 aromatic carbocycles. The molecule has 2 fully saturated rings. The number of rotatable bonds is 12. The molecule has 2 saturated carbocycles. The Bertz CT molecular complexity index is 1350. The number of ether oxygens (including phenoxy) is 1. The van der Waals surface area contributed by atoms with Gasteiger partial charge in [0.2, 0.25) is 0 Å². The van der Waals surface area contributed by atoms with Gasteiger partial charge in [-0.05, 0) is 127 Å². The molecule has 4 nitrogen and oxygen atoms in total. The van der Waals surface area contributed by atoms with Gasteiger partial charge in [0.15, 0.2) is 0 Å². The van der Waals surface area contributed by atoms with Crippen LogP contribution in [0.1, 0.15) is 100 Å². The number of benzene rings is 2. The number of aromatic hydroxyl groups is 1. The van der Waals surface area contributed by atoms with Gasteiger partial charge in [0.25, 0.3) is 0 Å². The molecule has 2 N–H and O–H groups in total. The number of hydrogen-bond donors (Lipinski definition) is 2. The summed E-state index contributed by atoms with van der Waals surface area (Å²) in [4.78, 5) is 0. The van der Waals surface area contributed by atoms with Crippen molar-refractivity contribution in [1.82, 2.24) is 0 Å². The molecule has 0 heterocycles. The van der Waals surface area contributed by atoms with Crippen LogP contribution in [-0.4, -0.2) is 50.7 Å². The molecule has 3 aliphatic carbocycles. The number of aliphatic hydroxyl groups is 1. The summed E-state index contributed by atoms with van der Waals surface area (Å²) in [6.45, 7) is 5.15. The van der Waals surface area contributed by atoms with Crippen molar-refractivity contribution in [2.45, 2.75) is 108 Å². The number of aliphatic hydroxyl groups excluding tert-OH is 1. The predicted octanol–water partition coefficient (Wildman–Crippen LogP) is 8.67. The minimum Gasteiger partial charge on any atom is -0.508 e. The van der Waals surface area contributed by atoms with Crippen molar-refractivity contribution < 1.29 is 41.1 Å². The van der Waals surface area contributed by atoms with Crippen LogP contribution in [0.2, 0.25) is 0 Å². The number of halogens is 5. The Labute approximate surface area is 265 Å². The summed E-state index contributed by atoms with van der Waals surface area (Å²) in [6, 6.07) is 14.0. The molecular weight excluding hydrogens is 611 g/mol. The Morgan fingerprint density at radius 1 is 0.933 bits per heavy atom. The molecule has 10 heteroatoms. The van der Waals surface area contributed by atoms with E-state index in [9.17, 15) is 36.4 Å². The van der Waals surface area contributed by atoms with E-state index >= 15 is 0 Å². The second-order valence-corrected chi connectivity index (χ2v) is 15.7. The largest absolute Gasteiger partial charge is 0.508 e. The molecule has 5 rings (SSSR count). The standard InChI is InChI=1S/C35H45F5O4S/c1-32-17-15-24-21-25(41)9-12-27(24)31(32)28(22-33(2)29(32)13-14-30(33)42)23-7-10-26(11-8-23)44-18-4-3-5-19-45(43)20-6-16-34(36,37)35(38,39)40/h7-12,21,28-31,41-42H,3-6,13-20,22H2,1-2H3/t28-,29?,30+,31?,32+,33+,45?/m1/s1. The van der Waals surface area contributed by atoms with Crippen LogP contribution in [0.25, 0.3) is 0 Å². The molecule has 3 aliphatic rings. The fourth-order valence-electron chi connectivity index (χ4n) is 8.82. The van der Waals surface area contributed by atoms with Crippen molar-refractivity contribution in [2.24, 2.45) is 16.7 Å². The Morgan fingerprint density at radius 2 is 1.64 bits per heavy atom. The Morgan fingerprint density at radius 3 is 2.36 bits per heavy atom. The zero-order valence-electron chi connectivity index (χ0n) is 26.1. The molecule has 45 heavy (non-hydrogen) atoms. The van der Waals surface area contributed by atoms with Crippen molar-refractivity contribution in [2.75, 3.05) is 18.1 Å². The molecule has 0 bridgehead atoms. The highest BCUT2D eigenvalue weighted by Crippen LogP contribution is 2.70. The van der Waals surface area contributed by atoms with Crippen molar-refractivity contribution in [3.8, 4) is 11.5 Å². The lowest BCUT2D eigenvalue weighted by Gasteiger charge is -2.60. The minimum atomic E-state index is -5.57. The maximum Gasteiger partial charge on any atom is 0.453 e. The normalized spacial score (nSPS) is 30.3. The molecule has 3 unspecified atom stereocenters. The predicted molar refractivity (Wildman–Crippen MR) is 165 cm³/mol. The second-order valence-electron chi connectivity index (χ2n) is 14.0. The summed E-state index contributed by atoms with van der Waals surface area (Å²) in [7, 11) is -1.43. The smallest absolute Gasteiger partial charge is 0.453 e. The van der Waals surface area contributed by atoms with Gasteiger partial charge >= 0.3 is 12.1 Å². The first-order valence-electron chi connectivity index (χ1n) is 16.2. The number of fused-ring (bicyclic) bond motifs is 5. The quantitative estimate of drug-likeness (QED) is 0.177. The van der Waals surface area contributed by atoms with Crippen molar-refractivity contribution >= 4 is 10.8 Å². The van der Waals surface area contributed by atoms with Crippen molar-refractivity contribution in [1.29, 1.82) is 0 Å². The van der Waals surface area contributed by atoms with Crippen LogP contribution in [0.3, 0.4) is 0 Å². The molecule has 2 aromatic rings. The lowest BCUT2D eigenvalue weighted by Crippen LogP contribution is -2.52. The van der Waals surface area contributed by atoms with Gasteiger partial charge in [0, 0.05) is 28.7 Å². The highest BCUT2D eigenvalue weighted by atomic mass is 32.2. The summed E-state index contributed by atoms with van der Waals surface area (Å²) >= 11 is 0. The van der Waals surface area contributed by atoms with E-state index in [-0.39, 0.29) is 40.3 Å². The third kappa shape index (κ3) is 6.92. The first-order valence-corrected chi connectivity index (χ1v) is 17.7. The molecule has 250 valence electrons. The van der Waals surface area contributed by atoms with Gasteiger partial charge in [-0.15, -0.1) is 0 Å². The zero-order valence-corrected chi connectivity index (χ0v) is 26.9. The topological polar surface area (TPSA) is 66.8 Å². The molecule has 0 saturated heterocycles. The van der Waals surface area contributed by atoms with Gasteiger partial charge in [-0.3, -0.25) is 4.21 Å². The molecule has 0 aromatic heterocycles. The average Bonchev–Trinajstić information content (AvgIpc) is 3.28. The maximum atomic E-state index is 13.0. The molecule has 0 amide bonds. The third-order valence-electron chi connectivity index (χ3n) is 11.1. The highest BCUT2D eigenvalue weighted by molar-refractivity contribution is 7.84. The summed E-state index contributed by atoms with van der Waals surface area (Å²) in [6.07, 6.45) is -0.943. The van der Waals surface area contributed by atoms with E-state index in [1.807, 2.05) is 18.2 Å². The van der Waals surface area contributed by atoms with E-state index in [4.69, 9.17) is 4.74 Å². The van der Waals surface area contributed by atoms with E-state index in [0.29, 0.717) is 37.5 Å². The Balaban J connectivity index is 1.15. The van der Waals surface area contributed by atoms with Crippen LogP contribution in [-0.2, 0) is 17.2 Å². The van der Waals surface area contributed by atoms with Gasteiger partial charge in [-0.2, -0.15) is 22.0 Å². The van der Waals surface area contributed by atoms with Gasteiger partial charge in [0.05, 0.1) is 12.7 Å². The number of phenols is 1. The van der Waals surface area contributed by atoms with Gasteiger partial charge in [-0.1, -0.05) is 32.0 Å². The zero-order chi connectivity index (χ0) is 32.6. The van der Waals surface area contributed by atoms with Gasteiger partial charge in [-0.25, -0.2) is 0 Å². The molecule has 7 atom stereocenters. The summed E-state index contributed by atoms with van der Waals surface area (Å²) < 4.78 is 80.7. The highest BCUT2D eigenvalue weighted by Gasteiger charge is 2.63. The maximum absolute atomic E-state index is 13.0. The van der Waals surface area contributed by atoms with Crippen LogP contribution in [0.4, 0.5) is 22.0 Å². The van der Waals surface area contributed by atoms with Crippen LogP contribution in [0.15, 0.2) is 42.5 Å². The van der Waals surface area contributed by atoms with Crippen molar-refractivity contribution in [3.63, 3.8) is 0 Å². The molecule has 0 aliphatic heterocycles. The van der Waals surface area contributed by atoms with Gasteiger partial charge < -0.3 is 14.9 Å². The average molecular weight is 657 g/mol. The van der Waals surface area contributed by atoms with Crippen LogP contribution in [0.5, 0.6) is 11.5 Å². The van der Waals surface area contributed by atoms with E-state index in [1.54, 1.807) is 6.07 Å². The van der Waals surface area contributed by atoms with Crippen LogP contribution < -0.4 is 4.74 Å². The van der Waals surface area contributed by atoms with E-state index in [1.165, 1.54) is 16.7 Å². The lowest BCUT2D eigenvalue weighted by atomic mass is 9.44. The minimum absolute atomic E-state index is 0.0338. The van der Waals surface area contributed by atoms with Gasteiger partial charge in [0.1, 0.15) is 11.5 Å². The number of phenolic OH excluding ortho intramolecular Hbond substituents is 1. The van der Waals surface area contributed by atoms with Crippen LogP contribution >= 0.6 is 0 Å². The van der Waals surface area contributed by atoms with E-state index in [0.717, 1.165) is 37.9 Å². The second kappa shape index (κ2) is 13.1. The number of hydrogen-bond acceptors (Lipinski definition) is 4. The number of aryl methyl sites for hydroxylation is 1. The van der Waals surface area contributed by atoms with Crippen LogP contribution in [0, 0.1) is 16.7 Å². The summed E-state index contributed by atoms with van der Waals surface area (Å²) in [5, 5.41) is 21.4. The fraction of sp³-hybridized carbons (Fsp3) is 0.657. The monoisotopic (exact) mass is 656 g/mol. The van der Waals surface area contributed by atoms with E-state index in [2.05, 4.69) is 32.0 Å². The summed E-state index contributed by atoms with van der Waals surface area (Å²) in [5.41, 5.74) is 3.63.